The number of aromatic nitrogens is 1. The third-order valence-corrected chi connectivity index (χ3v) is 2.74. The van der Waals surface area contributed by atoms with Gasteiger partial charge in [0.05, 0.1) is 7.11 Å². The third kappa shape index (κ3) is 4.95. The Labute approximate surface area is 106 Å². The first kappa shape index (κ1) is 14.2. The topological polar surface area (TPSA) is 76.5 Å². The van der Waals surface area contributed by atoms with Gasteiger partial charge in [0.2, 0.25) is 0 Å². The molecule has 1 heterocycles. The van der Waals surface area contributed by atoms with Gasteiger partial charge in [-0.3, -0.25) is 14.6 Å². The smallest absolute Gasteiger partial charge is 0.305 e. The minimum absolute atomic E-state index is 0.0265. The fourth-order valence-electron chi connectivity index (χ4n) is 1.75. The lowest BCUT2D eigenvalue weighted by Crippen LogP contribution is -2.08. The second-order valence-electron chi connectivity index (χ2n) is 4.00. The molecule has 1 N–H and O–H groups in total. The summed E-state index contributed by atoms with van der Waals surface area (Å²) in [5.74, 6) is -1.15. The number of pyridine rings is 1. The maximum atomic E-state index is 11.1. The van der Waals surface area contributed by atoms with E-state index >= 15 is 0 Å². The highest BCUT2D eigenvalue weighted by Crippen LogP contribution is 2.24. The van der Waals surface area contributed by atoms with Crippen molar-refractivity contribution >= 4 is 11.9 Å². The molecule has 0 fully saturated rings. The molecular formula is C13H17NO4. The summed E-state index contributed by atoms with van der Waals surface area (Å²) < 4.78 is 4.59. The molecule has 0 saturated carbocycles. The zero-order valence-electron chi connectivity index (χ0n) is 10.3. The Balaban J connectivity index is 2.63. The first-order valence-corrected chi connectivity index (χ1v) is 5.83. The molecule has 98 valence electrons. The molecule has 0 aliphatic carbocycles. The highest BCUT2D eigenvalue weighted by molar-refractivity contribution is 5.69. The number of carbonyl (C=O) groups is 2. The predicted molar refractivity (Wildman–Crippen MR) is 65.1 cm³/mol. The standard InChI is InChI=1S/C13H17NO4/c1-18-13(17)8-6-10(5-7-12(15)16)11-4-2-3-9-14-11/h2-4,9-10H,5-8H2,1H3,(H,15,16). The van der Waals surface area contributed by atoms with Crippen LogP contribution in [-0.4, -0.2) is 29.1 Å². The van der Waals surface area contributed by atoms with E-state index in [1.807, 2.05) is 12.1 Å². The van der Waals surface area contributed by atoms with E-state index in [4.69, 9.17) is 5.11 Å². The van der Waals surface area contributed by atoms with Gasteiger partial charge in [0.1, 0.15) is 0 Å². The average Bonchev–Trinajstić information content (AvgIpc) is 2.39. The van der Waals surface area contributed by atoms with Gasteiger partial charge in [-0.25, -0.2) is 0 Å². The van der Waals surface area contributed by atoms with E-state index in [2.05, 4.69) is 9.72 Å². The van der Waals surface area contributed by atoms with Crippen molar-refractivity contribution in [1.82, 2.24) is 4.98 Å². The second-order valence-corrected chi connectivity index (χ2v) is 4.00. The minimum atomic E-state index is -0.839. The Morgan fingerprint density at radius 3 is 2.61 bits per heavy atom. The Morgan fingerprint density at radius 1 is 1.33 bits per heavy atom. The highest BCUT2D eigenvalue weighted by Gasteiger charge is 2.16. The van der Waals surface area contributed by atoms with Gasteiger partial charge in [0.15, 0.2) is 0 Å². The van der Waals surface area contributed by atoms with Crippen LogP contribution in [0.25, 0.3) is 0 Å². The Kier molecular flexibility index (Phi) is 5.84. The summed E-state index contributed by atoms with van der Waals surface area (Å²) in [6.07, 6.45) is 3.04. The number of aliphatic carboxylic acids is 1. The van der Waals surface area contributed by atoms with E-state index in [9.17, 15) is 9.59 Å². The summed E-state index contributed by atoms with van der Waals surface area (Å²) in [7, 11) is 1.34. The van der Waals surface area contributed by atoms with E-state index < -0.39 is 5.97 Å². The maximum Gasteiger partial charge on any atom is 0.305 e. The molecule has 0 saturated heterocycles. The average molecular weight is 251 g/mol. The van der Waals surface area contributed by atoms with Gasteiger partial charge in [0, 0.05) is 30.7 Å². The van der Waals surface area contributed by atoms with Crippen LogP contribution in [0, 0.1) is 0 Å². The monoisotopic (exact) mass is 251 g/mol. The van der Waals surface area contributed by atoms with Gasteiger partial charge >= 0.3 is 11.9 Å². The molecule has 0 radical (unpaired) electrons. The zero-order chi connectivity index (χ0) is 13.4. The lowest BCUT2D eigenvalue weighted by molar-refractivity contribution is -0.140. The van der Waals surface area contributed by atoms with E-state index in [0.29, 0.717) is 12.8 Å². The summed E-state index contributed by atoms with van der Waals surface area (Å²) >= 11 is 0. The van der Waals surface area contributed by atoms with Crippen molar-refractivity contribution in [3.63, 3.8) is 0 Å². The van der Waals surface area contributed by atoms with Crippen LogP contribution in [0.5, 0.6) is 0 Å². The molecule has 0 aliphatic rings. The van der Waals surface area contributed by atoms with E-state index in [1.165, 1.54) is 7.11 Å². The van der Waals surface area contributed by atoms with E-state index in [-0.39, 0.29) is 24.7 Å². The fraction of sp³-hybridized carbons (Fsp3) is 0.462. The Morgan fingerprint density at radius 2 is 2.06 bits per heavy atom. The minimum Gasteiger partial charge on any atom is -0.481 e. The number of carboxylic acids is 1. The molecule has 1 unspecified atom stereocenters. The molecule has 1 aromatic rings. The number of hydrogen-bond donors (Lipinski definition) is 1. The number of esters is 1. The second kappa shape index (κ2) is 7.42. The molecule has 0 amide bonds. The van der Waals surface area contributed by atoms with Crippen molar-refractivity contribution in [2.45, 2.75) is 31.6 Å². The summed E-state index contributed by atoms with van der Waals surface area (Å²) in [5.41, 5.74) is 0.822. The van der Waals surface area contributed by atoms with Crippen LogP contribution in [0.15, 0.2) is 24.4 Å². The van der Waals surface area contributed by atoms with Crippen LogP contribution >= 0.6 is 0 Å². The number of ether oxygens (including phenoxy) is 1. The van der Waals surface area contributed by atoms with Gasteiger partial charge in [-0.15, -0.1) is 0 Å². The summed E-state index contributed by atoms with van der Waals surface area (Å²) in [6, 6.07) is 5.51. The molecule has 0 spiro atoms. The normalized spacial score (nSPS) is 11.8. The van der Waals surface area contributed by atoms with Gasteiger partial charge in [-0.1, -0.05) is 6.07 Å². The van der Waals surface area contributed by atoms with Gasteiger partial charge in [0.25, 0.3) is 0 Å². The number of hydrogen-bond acceptors (Lipinski definition) is 4. The van der Waals surface area contributed by atoms with Crippen molar-refractivity contribution < 1.29 is 19.4 Å². The SMILES string of the molecule is COC(=O)CCC(CCC(=O)O)c1ccccn1. The molecule has 1 rings (SSSR count). The lowest BCUT2D eigenvalue weighted by Gasteiger charge is -2.14. The van der Waals surface area contributed by atoms with Crippen LogP contribution in [-0.2, 0) is 14.3 Å². The lowest BCUT2D eigenvalue weighted by atomic mass is 9.93. The molecule has 18 heavy (non-hydrogen) atoms. The largest absolute Gasteiger partial charge is 0.481 e. The van der Waals surface area contributed by atoms with E-state index in [1.54, 1.807) is 12.3 Å². The van der Waals surface area contributed by atoms with Crippen molar-refractivity contribution in [1.29, 1.82) is 0 Å². The van der Waals surface area contributed by atoms with Crippen LogP contribution < -0.4 is 0 Å². The molecule has 0 aromatic carbocycles. The van der Waals surface area contributed by atoms with Crippen molar-refractivity contribution in [2.75, 3.05) is 7.11 Å². The highest BCUT2D eigenvalue weighted by atomic mass is 16.5. The van der Waals surface area contributed by atoms with Gasteiger partial charge < -0.3 is 9.84 Å². The van der Waals surface area contributed by atoms with Crippen LogP contribution in [0.3, 0.4) is 0 Å². The molecule has 1 atom stereocenters. The number of carboxylic acid groups (broad SMARTS) is 1. The molecular weight excluding hydrogens is 234 g/mol. The third-order valence-electron chi connectivity index (χ3n) is 2.74. The summed E-state index contributed by atoms with van der Waals surface area (Å²) in [5, 5.41) is 8.72. The molecule has 0 bridgehead atoms. The van der Waals surface area contributed by atoms with Crippen LogP contribution in [0.1, 0.15) is 37.3 Å². The fourth-order valence-corrected chi connectivity index (χ4v) is 1.75. The zero-order valence-corrected chi connectivity index (χ0v) is 10.3. The first-order valence-electron chi connectivity index (χ1n) is 5.83. The predicted octanol–water partition coefficient (Wildman–Crippen LogP) is 1.98. The molecule has 5 nitrogen and oxygen atoms in total. The Hall–Kier alpha value is -1.91. The maximum absolute atomic E-state index is 11.1. The van der Waals surface area contributed by atoms with Gasteiger partial charge in [-0.05, 0) is 25.0 Å². The van der Waals surface area contributed by atoms with Crippen LogP contribution in [0.4, 0.5) is 0 Å². The molecule has 0 aliphatic heterocycles. The summed E-state index contributed by atoms with van der Waals surface area (Å²) in [4.78, 5) is 26.0. The number of methoxy groups -OCH3 is 1. The van der Waals surface area contributed by atoms with E-state index in [0.717, 1.165) is 5.69 Å². The molecule has 1 aromatic heterocycles. The molecule has 5 heteroatoms. The number of carbonyl (C=O) groups excluding carboxylic acids is 1. The van der Waals surface area contributed by atoms with Crippen molar-refractivity contribution in [3.05, 3.63) is 30.1 Å². The Bertz CT molecular complexity index is 391. The van der Waals surface area contributed by atoms with Crippen molar-refractivity contribution in [2.24, 2.45) is 0 Å². The number of rotatable bonds is 7. The van der Waals surface area contributed by atoms with Crippen molar-refractivity contribution in [3.8, 4) is 0 Å². The number of nitrogens with zero attached hydrogens (tertiary/aromatic N) is 1. The quantitative estimate of drug-likeness (QED) is 0.750. The summed E-state index contributed by atoms with van der Waals surface area (Å²) in [6.45, 7) is 0. The van der Waals surface area contributed by atoms with Gasteiger partial charge in [-0.2, -0.15) is 0 Å². The van der Waals surface area contributed by atoms with Crippen LogP contribution in [0.2, 0.25) is 0 Å². The first-order chi connectivity index (χ1) is 8.63.